The van der Waals surface area contributed by atoms with Crippen molar-refractivity contribution in [2.45, 2.75) is 59.0 Å². The van der Waals surface area contributed by atoms with E-state index in [0.717, 1.165) is 13.1 Å². The maximum atomic E-state index is 3.59. The van der Waals surface area contributed by atoms with Crippen LogP contribution in [-0.4, -0.2) is 24.2 Å². The molecule has 19 heavy (non-hydrogen) atoms. The van der Waals surface area contributed by atoms with Crippen LogP contribution < -0.4 is 10.2 Å². The van der Waals surface area contributed by atoms with Crippen LogP contribution in [0, 0.1) is 13.8 Å². The molecule has 0 saturated carbocycles. The van der Waals surface area contributed by atoms with Crippen molar-refractivity contribution >= 4 is 5.69 Å². The van der Waals surface area contributed by atoms with Crippen LogP contribution in [0.5, 0.6) is 0 Å². The normalized spacial score (nSPS) is 22.1. The zero-order valence-electron chi connectivity index (χ0n) is 13.3. The van der Waals surface area contributed by atoms with Crippen molar-refractivity contribution in [3.05, 3.63) is 29.3 Å². The van der Waals surface area contributed by atoms with E-state index in [9.17, 15) is 0 Å². The second kappa shape index (κ2) is 4.82. The first-order valence-corrected chi connectivity index (χ1v) is 7.33. The summed E-state index contributed by atoms with van der Waals surface area (Å²) in [5.74, 6) is 0. The highest BCUT2D eigenvalue weighted by Crippen LogP contribution is 2.37. The first-order valence-electron chi connectivity index (χ1n) is 7.33. The van der Waals surface area contributed by atoms with Crippen molar-refractivity contribution < 1.29 is 0 Å². The molecule has 1 aliphatic heterocycles. The molecule has 0 spiro atoms. The Bertz CT molecular complexity index is 442. The Hall–Kier alpha value is -1.02. The van der Waals surface area contributed by atoms with Crippen molar-refractivity contribution in [3.63, 3.8) is 0 Å². The van der Waals surface area contributed by atoms with Gasteiger partial charge in [-0.15, -0.1) is 0 Å². The highest BCUT2D eigenvalue weighted by Gasteiger charge is 2.40. The van der Waals surface area contributed by atoms with Crippen molar-refractivity contribution in [2.24, 2.45) is 0 Å². The van der Waals surface area contributed by atoms with E-state index < -0.39 is 0 Å². The summed E-state index contributed by atoms with van der Waals surface area (Å²) in [4.78, 5) is 2.63. The Labute approximate surface area is 118 Å². The third-order valence-corrected chi connectivity index (χ3v) is 4.50. The van der Waals surface area contributed by atoms with Gasteiger partial charge in [0.1, 0.15) is 0 Å². The zero-order valence-corrected chi connectivity index (χ0v) is 13.3. The molecule has 2 nitrogen and oxygen atoms in total. The van der Waals surface area contributed by atoms with Gasteiger partial charge in [0.15, 0.2) is 0 Å². The van der Waals surface area contributed by atoms with Gasteiger partial charge in [0.05, 0.1) is 0 Å². The molecule has 0 unspecified atom stereocenters. The van der Waals surface area contributed by atoms with Gasteiger partial charge in [-0.25, -0.2) is 0 Å². The van der Waals surface area contributed by atoms with Gasteiger partial charge in [0.2, 0.25) is 0 Å². The van der Waals surface area contributed by atoms with E-state index in [4.69, 9.17) is 0 Å². The van der Waals surface area contributed by atoms with Crippen LogP contribution in [0.25, 0.3) is 0 Å². The predicted octanol–water partition coefficient (Wildman–Crippen LogP) is 3.66. The molecule has 0 aliphatic carbocycles. The molecule has 0 bridgehead atoms. The molecule has 0 aromatic heterocycles. The van der Waals surface area contributed by atoms with E-state index in [-0.39, 0.29) is 11.1 Å². The minimum Gasteiger partial charge on any atom is -0.360 e. The number of hydrogen-bond donors (Lipinski definition) is 1. The van der Waals surface area contributed by atoms with Crippen molar-refractivity contribution in [3.8, 4) is 0 Å². The number of anilines is 1. The second-order valence-electron chi connectivity index (χ2n) is 7.11. The second-order valence-corrected chi connectivity index (χ2v) is 7.11. The van der Waals surface area contributed by atoms with Gasteiger partial charge in [-0.3, -0.25) is 0 Å². The molecule has 2 heteroatoms. The predicted molar refractivity (Wildman–Crippen MR) is 84.0 cm³/mol. The minimum absolute atomic E-state index is 0.124. The summed E-state index contributed by atoms with van der Waals surface area (Å²) in [6, 6.07) is 6.66. The van der Waals surface area contributed by atoms with Gasteiger partial charge in [-0.05, 0) is 71.7 Å². The van der Waals surface area contributed by atoms with Crippen LogP contribution in [0.15, 0.2) is 18.2 Å². The Balaban J connectivity index is 2.56. The van der Waals surface area contributed by atoms with Gasteiger partial charge in [-0.2, -0.15) is 0 Å². The van der Waals surface area contributed by atoms with Gasteiger partial charge < -0.3 is 10.2 Å². The standard InChI is InChI=1S/C17H28N2/c1-13-8-7-9-15(14(13)2)19-16(3,4)10-11-18-12-17(19,5)6/h7-9,18H,10-12H2,1-6H3. The highest BCUT2D eigenvalue weighted by molar-refractivity contribution is 5.59. The lowest BCUT2D eigenvalue weighted by atomic mass is 9.89. The Morgan fingerprint density at radius 2 is 1.74 bits per heavy atom. The van der Waals surface area contributed by atoms with Gasteiger partial charge in [0, 0.05) is 23.3 Å². The van der Waals surface area contributed by atoms with E-state index in [1.807, 2.05) is 0 Å². The molecule has 0 radical (unpaired) electrons. The number of aryl methyl sites for hydroxylation is 1. The average Bonchev–Trinajstić information content (AvgIpc) is 2.40. The SMILES string of the molecule is Cc1cccc(N2C(C)(C)CCNCC2(C)C)c1C. The molecule has 1 aromatic rings. The molecule has 2 rings (SSSR count). The fraction of sp³-hybridized carbons (Fsp3) is 0.647. The van der Waals surface area contributed by atoms with E-state index in [0.29, 0.717) is 0 Å². The lowest BCUT2D eigenvalue weighted by Gasteiger charge is -2.49. The highest BCUT2D eigenvalue weighted by atomic mass is 15.3. The van der Waals surface area contributed by atoms with Crippen molar-refractivity contribution in [2.75, 3.05) is 18.0 Å². The molecule has 1 N–H and O–H groups in total. The molecule has 0 amide bonds. The van der Waals surface area contributed by atoms with E-state index >= 15 is 0 Å². The molecule has 1 fully saturated rings. The number of nitrogens with zero attached hydrogens (tertiary/aromatic N) is 1. The topological polar surface area (TPSA) is 15.3 Å². The quantitative estimate of drug-likeness (QED) is 0.829. The smallest absolute Gasteiger partial charge is 0.0475 e. The molecular formula is C17H28N2. The van der Waals surface area contributed by atoms with Crippen LogP contribution in [0.4, 0.5) is 5.69 Å². The molecule has 1 aliphatic rings. The summed E-state index contributed by atoms with van der Waals surface area (Å²) in [5.41, 5.74) is 4.47. The number of hydrogen-bond acceptors (Lipinski definition) is 2. The molecule has 106 valence electrons. The summed E-state index contributed by atoms with van der Waals surface area (Å²) in [7, 11) is 0. The molecule has 1 heterocycles. The fourth-order valence-electron chi connectivity index (χ4n) is 3.43. The largest absolute Gasteiger partial charge is 0.360 e. The Kier molecular flexibility index (Phi) is 3.65. The van der Waals surface area contributed by atoms with E-state index in [1.54, 1.807) is 0 Å². The Morgan fingerprint density at radius 3 is 2.42 bits per heavy atom. The van der Waals surface area contributed by atoms with Gasteiger partial charge in [-0.1, -0.05) is 12.1 Å². The van der Waals surface area contributed by atoms with Crippen LogP contribution in [-0.2, 0) is 0 Å². The number of nitrogens with one attached hydrogen (secondary N) is 1. The lowest BCUT2D eigenvalue weighted by Crippen LogP contribution is -2.57. The van der Waals surface area contributed by atoms with Crippen LogP contribution >= 0.6 is 0 Å². The Morgan fingerprint density at radius 1 is 1.05 bits per heavy atom. The first kappa shape index (κ1) is 14.4. The fourth-order valence-corrected chi connectivity index (χ4v) is 3.43. The number of benzene rings is 1. The van der Waals surface area contributed by atoms with Gasteiger partial charge in [0.25, 0.3) is 0 Å². The summed E-state index contributed by atoms with van der Waals surface area (Å²) >= 11 is 0. The van der Waals surface area contributed by atoms with Crippen molar-refractivity contribution in [1.29, 1.82) is 0 Å². The monoisotopic (exact) mass is 260 g/mol. The van der Waals surface area contributed by atoms with Crippen LogP contribution in [0.1, 0.15) is 45.2 Å². The summed E-state index contributed by atoms with van der Waals surface area (Å²) in [6.45, 7) is 16.0. The minimum atomic E-state index is 0.124. The molecule has 0 atom stereocenters. The van der Waals surface area contributed by atoms with Gasteiger partial charge >= 0.3 is 0 Å². The third kappa shape index (κ3) is 2.64. The molecule has 1 saturated heterocycles. The van der Waals surface area contributed by atoms with Crippen molar-refractivity contribution in [1.82, 2.24) is 5.32 Å². The maximum absolute atomic E-state index is 3.59. The average molecular weight is 260 g/mol. The summed E-state index contributed by atoms with van der Waals surface area (Å²) in [6.07, 6.45) is 1.17. The zero-order chi connectivity index (χ0) is 14.3. The number of rotatable bonds is 1. The maximum Gasteiger partial charge on any atom is 0.0475 e. The summed E-state index contributed by atoms with van der Waals surface area (Å²) < 4.78 is 0. The van der Waals surface area contributed by atoms with Crippen LogP contribution in [0.3, 0.4) is 0 Å². The first-order chi connectivity index (χ1) is 8.76. The van der Waals surface area contributed by atoms with Crippen LogP contribution in [0.2, 0.25) is 0 Å². The lowest BCUT2D eigenvalue weighted by molar-refractivity contribution is 0.357. The van der Waals surface area contributed by atoms with E-state index in [1.165, 1.54) is 23.2 Å². The molecule has 1 aromatic carbocycles. The molecular weight excluding hydrogens is 232 g/mol. The van der Waals surface area contributed by atoms with E-state index in [2.05, 4.69) is 70.0 Å². The summed E-state index contributed by atoms with van der Waals surface area (Å²) in [5, 5.41) is 3.59. The third-order valence-electron chi connectivity index (χ3n) is 4.50.